The predicted octanol–water partition coefficient (Wildman–Crippen LogP) is 3.55. The number of ether oxygens (including phenoxy) is 1. The van der Waals surface area contributed by atoms with Crippen molar-refractivity contribution in [1.29, 1.82) is 0 Å². The Morgan fingerprint density at radius 2 is 1.64 bits per heavy atom. The summed E-state index contributed by atoms with van der Waals surface area (Å²) in [6, 6.07) is 14.6. The van der Waals surface area contributed by atoms with Gasteiger partial charge in [-0.05, 0) is 72.5 Å². The SMILES string of the molecule is CNCc1c(F)cc(-c2cccc(-c3cccc(NC(=O)c4nn(C)c(=O)n(C)c4=O)c3C)c2C)cc1OC. The molecule has 4 rings (SSSR count). The van der Waals surface area contributed by atoms with E-state index in [1.807, 2.05) is 44.2 Å². The molecule has 0 spiro atoms. The molecule has 0 aliphatic heterocycles. The van der Waals surface area contributed by atoms with E-state index in [1.54, 1.807) is 19.2 Å². The molecule has 0 aliphatic rings. The fourth-order valence-corrected chi connectivity index (χ4v) is 4.62. The van der Waals surface area contributed by atoms with E-state index in [9.17, 15) is 18.8 Å². The molecule has 3 aromatic carbocycles. The van der Waals surface area contributed by atoms with Crippen molar-refractivity contribution < 1.29 is 13.9 Å². The van der Waals surface area contributed by atoms with Gasteiger partial charge in [-0.25, -0.2) is 13.9 Å². The Hall–Kier alpha value is -4.57. The van der Waals surface area contributed by atoms with Gasteiger partial charge >= 0.3 is 5.69 Å². The second kappa shape index (κ2) is 11.0. The highest BCUT2D eigenvalue weighted by atomic mass is 19.1. The molecular formula is C29H30FN5O4. The molecule has 0 aliphatic carbocycles. The van der Waals surface area contributed by atoms with E-state index < -0.39 is 17.2 Å². The second-order valence-electron chi connectivity index (χ2n) is 9.20. The quantitative estimate of drug-likeness (QED) is 0.378. The van der Waals surface area contributed by atoms with E-state index in [2.05, 4.69) is 15.7 Å². The summed E-state index contributed by atoms with van der Waals surface area (Å²) < 4.78 is 22.2. The summed E-state index contributed by atoms with van der Waals surface area (Å²) in [6.45, 7) is 4.16. The van der Waals surface area contributed by atoms with Gasteiger partial charge in [0.25, 0.3) is 11.5 Å². The molecule has 1 amide bonds. The zero-order valence-corrected chi connectivity index (χ0v) is 22.7. The number of carbonyl (C=O) groups is 1. The molecule has 2 N–H and O–H groups in total. The number of aryl methyl sites for hydroxylation is 1. The number of aromatic nitrogens is 3. The van der Waals surface area contributed by atoms with Crippen molar-refractivity contribution in [1.82, 2.24) is 19.7 Å². The lowest BCUT2D eigenvalue weighted by Gasteiger charge is -2.18. The maximum absolute atomic E-state index is 15.0. The average molecular weight is 532 g/mol. The van der Waals surface area contributed by atoms with Gasteiger partial charge in [0.05, 0.1) is 7.11 Å². The number of carbonyl (C=O) groups excluding carboxylic acids is 1. The second-order valence-corrected chi connectivity index (χ2v) is 9.20. The molecule has 0 saturated carbocycles. The molecule has 202 valence electrons. The number of methoxy groups -OCH3 is 1. The minimum Gasteiger partial charge on any atom is -0.496 e. The van der Waals surface area contributed by atoms with Crippen LogP contribution in [0.5, 0.6) is 5.75 Å². The Morgan fingerprint density at radius 1 is 1.00 bits per heavy atom. The van der Waals surface area contributed by atoms with Crippen LogP contribution in [0.2, 0.25) is 0 Å². The number of hydrogen-bond acceptors (Lipinski definition) is 6. The third kappa shape index (κ3) is 5.10. The Labute approximate surface area is 224 Å². The van der Waals surface area contributed by atoms with Crippen LogP contribution in [-0.2, 0) is 20.6 Å². The van der Waals surface area contributed by atoms with Crippen molar-refractivity contribution in [2.75, 3.05) is 19.5 Å². The molecular weight excluding hydrogens is 501 g/mol. The molecule has 39 heavy (non-hydrogen) atoms. The minimum atomic E-state index is -0.781. The smallest absolute Gasteiger partial charge is 0.346 e. The van der Waals surface area contributed by atoms with Crippen LogP contribution in [0.3, 0.4) is 0 Å². The van der Waals surface area contributed by atoms with Crippen LogP contribution < -0.4 is 26.6 Å². The van der Waals surface area contributed by atoms with Gasteiger partial charge in [0.2, 0.25) is 5.69 Å². The van der Waals surface area contributed by atoms with Gasteiger partial charge in [-0.1, -0.05) is 30.3 Å². The first-order chi connectivity index (χ1) is 18.6. The maximum Gasteiger partial charge on any atom is 0.346 e. The van der Waals surface area contributed by atoms with E-state index in [-0.39, 0.29) is 11.5 Å². The van der Waals surface area contributed by atoms with E-state index in [4.69, 9.17) is 4.74 Å². The average Bonchev–Trinajstić information content (AvgIpc) is 2.92. The summed E-state index contributed by atoms with van der Waals surface area (Å²) in [5.41, 5.74) is 4.11. The van der Waals surface area contributed by atoms with E-state index in [0.717, 1.165) is 37.1 Å². The minimum absolute atomic E-state index is 0.340. The Bertz CT molecular complexity index is 1710. The van der Waals surface area contributed by atoms with Crippen LogP contribution in [0.25, 0.3) is 22.3 Å². The standard InChI is InChI=1S/C29H30FN5O4/c1-16-19(18-13-23(30)22(15-31-3)25(14-18)39-6)9-7-10-20(16)21-11-8-12-24(17(21)2)32-27(36)26-28(37)34(4)29(38)35(5)33-26/h7-14,31H,15H2,1-6H3,(H,32,36). The van der Waals surface area contributed by atoms with Gasteiger partial charge in [-0.15, -0.1) is 0 Å². The van der Waals surface area contributed by atoms with Crippen molar-refractivity contribution in [3.05, 3.63) is 97.6 Å². The first-order valence-corrected chi connectivity index (χ1v) is 12.3. The number of rotatable bonds is 7. The van der Waals surface area contributed by atoms with Gasteiger partial charge in [0, 0.05) is 31.9 Å². The zero-order chi connectivity index (χ0) is 28.4. The summed E-state index contributed by atoms with van der Waals surface area (Å²) in [7, 11) is 5.93. The van der Waals surface area contributed by atoms with Gasteiger partial charge in [-0.2, -0.15) is 5.10 Å². The topological polar surface area (TPSA) is 107 Å². The third-order valence-corrected chi connectivity index (χ3v) is 6.78. The van der Waals surface area contributed by atoms with Gasteiger partial charge in [-0.3, -0.25) is 14.2 Å². The molecule has 1 aromatic heterocycles. The molecule has 0 unspecified atom stereocenters. The predicted molar refractivity (Wildman–Crippen MR) is 149 cm³/mol. The number of amides is 1. The number of halogens is 1. The molecule has 4 aromatic rings. The lowest BCUT2D eigenvalue weighted by atomic mass is 9.90. The highest BCUT2D eigenvalue weighted by Gasteiger charge is 2.20. The summed E-state index contributed by atoms with van der Waals surface area (Å²) in [4.78, 5) is 37.4. The van der Waals surface area contributed by atoms with Crippen LogP contribution >= 0.6 is 0 Å². The fraction of sp³-hybridized carbons (Fsp3) is 0.241. The van der Waals surface area contributed by atoms with Crippen molar-refractivity contribution in [3.8, 4) is 28.0 Å². The van der Waals surface area contributed by atoms with Crippen LogP contribution in [0.15, 0.2) is 58.1 Å². The van der Waals surface area contributed by atoms with Crippen molar-refractivity contribution in [3.63, 3.8) is 0 Å². The highest BCUT2D eigenvalue weighted by Crippen LogP contribution is 2.37. The molecule has 0 bridgehead atoms. The van der Waals surface area contributed by atoms with Crippen LogP contribution in [0.1, 0.15) is 27.2 Å². The number of hydrogen-bond donors (Lipinski definition) is 2. The van der Waals surface area contributed by atoms with Crippen LogP contribution in [0.4, 0.5) is 10.1 Å². The van der Waals surface area contributed by atoms with E-state index >= 15 is 0 Å². The summed E-state index contributed by atoms with van der Waals surface area (Å²) in [6.07, 6.45) is 0. The molecule has 0 fully saturated rings. The highest BCUT2D eigenvalue weighted by molar-refractivity contribution is 6.03. The molecule has 10 heteroatoms. The first kappa shape index (κ1) is 27.5. The molecule has 1 heterocycles. The lowest BCUT2D eigenvalue weighted by Crippen LogP contribution is -2.43. The molecule has 0 atom stereocenters. The zero-order valence-electron chi connectivity index (χ0n) is 22.7. The normalized spacial score (nSPS) is 10.9. The monoisotopic (exact) mass is 531 g/mol. The number of anilines is 1. The van der Waals surface area contributed by atoms with Gasteiger partial charge in [0.15, 0.2) is 0 Å². The Morgan fingerprint density at radius 3 is 2.31 bits per heavy atom. The molecule has 0 radical (unpaired) electrons. The van der Waals surface area contributed by atoms with Gasteiger partial charge < -0.3 is 15.4 Å². The van der Waals surface area contributed by atoms with Gasteiger partial charge in [0.1, 0.15) is 11.6 Å². The van der Waals surface area contributed by atoms with Crippen LogP contribution in [-0.4, -0.2) is 34.4 Å². The Kier molecular flexibility index (Phi) is 7.78. The van der Waals surface area contributed by atoms with Crippen molar-refractivity contribution in [2.24, 2.45) is 14.1 Å². The summed E-state index contributed by atoms with van der Waals surface area (Å²) in [5, 5.41) is 9.57. The summed E-state index contributed by atoms with van der Waals surface area (Å²) >= 11 is 0. The lowest BCUT2D eigenvalue weighted by molar-refractivity contribution is 0.101. The van der Waals surface area contributed by atoms with E-state index in [0.29, 0.717) is 29.1 Å². The first-order valence-electron chi connectivity index (χ1n) is 12.3. The number of nitrogens with one attached hydrogen (secondary N) is 2. The maximum atomic E-state index is 15.0. The number of nitrogens with zero attached hydrogens (tertiary/aromatic N) is 3. The molecule has 0 saturated heterocycles. The Balaban J connectivity index is 1.75. The van der Waals surface area contributed by atoms with Crippen molar-refractivity contribution >= 4 is 11.6 Å². The summed E-state index contributed by atoms with van der Waals surface area (Å²) in [5.74, 6) is -0.619. The third-order valence-electron chi connectivity index (χ3n) is 6.78. The number of benzene rings is 3. The van der Waals surface area contributed by atoms with E-state index in [1.165, 1.54) is 27.3 Å². The van der Waals surface area contributed by atoms with Crippen molar-refractivity contribution in [2.45, 2.75) is 20.4 Å². The van der Waals surface area contributed by atoms with Crippen LogP contribution in [0, 0.1) is 19.7 Å². The fourth-order valence-electron chi connectivity index (χ4n) is 4.62. The largest absolute Gasteiger partial charge is 0.496 e. The molecule has 9 nitrogen and oxygen atoms in total.